The molecule has 0 fully saturated rings. The zero-order valence-corrected chi connectivity index (χ0v) is 12.7. The van der Waals surface area contributed by atoms with Gasteiger partial charge in [0.2, 0.25) is 5.91 Å². The van der Waals surface area contributed by atoms with Crippen LogP contribution in [0, 0.1) is 0 Å². The topological polar surface area (TPSA) is 44.4 Å². The highest BCUT2D eigenvalue weighted by atomic mass is 35.5. The smallest absolute Gasteiger partial charge is 0.239 e. The summed E-state index contributed by atoms with van der Waals surface area (Å²) in [7, 11) is 3.47. The Balaban J connectivity index is 2.73. The Labute approximate surface area is 120 Å². The largest absolute Gasteiger partial charge is 0.364 e. The van der Waals surface area contributed by atoms with Crippen molar-refractivity contribution in [3.63, 3.8) is 0 Å². The summed E-state index contributed by atoms with van der Waals surface area (Å²) >= 11 is 6.27. The van der Waals surface area contributed by atoms with Gasteiger partial charge in [-0.05, 0) is 17.7 Å². The number of hydrogen-bond donors (Lipinski definition) is 2. The molecule has 0 aliphatic rings. The van der Waals surface area contributed by atoms with Crippen LogP contribution in [-0.2, 0) is 11.3 Å². The van der Waals surface area contributed by atoms with Gasteiger partial charge in [-0.25, -0.2) is 0 Å². The minimum atomic E-state index is -0.0379. The Kier molecular flexibility index (Phi) is 6.12. The maximum Gasteiger partial charge on any atom is 0.239 e. The van der Waals surface area contributed by atoms with Crippen LogP contribution in [0.15, 0.2) is 18.2 Å². The fourth-order valence-corrected chi connectivity index (χ4v) is 2.02. The van der Waals surface area contributed by atoms with E-state index >= 15 is 0 Å². The molecule has 0 unspecified atom stereocenters. The number of rotatable bonds is 6. The maximum absolute atomic E-state index is 11.3. The van der Waals surface area contributed by atoms with Crippen LogP contribution in [0.3, 0.4) is 0 Å². The number of benzene rings is 1. The third-order valence-electron chi connectivity index (χ3n) is 2.80. The number of carbonyl (C=O) groups excluding carboxylic acids is 1. The molecule has 0 aliphatic heterocycles. The fraction of sp³-hybridized carbons (Fsp3) is 0.500. The van der Waals surface area contributed by atoms with Gasteiger partial charge in [-0.2, -0.15) is 0 Å². The van der Waals surface area contributed by atoms with E-state index in [2.05, 4.69) is 24.5 Å². The Bertz CT molecular complexity index is 435. The highest BCUT2D eigenvalue weighted by Crippen LogP contribution is 2.25. The fourth-order valence-electron chi connectivity index (χ4n) is 1.67. The van der Waals surface area contributed by atoms with Crippen molar-refractivity contribution >= 4 is 23.2 Å². The molecule has 0 saturated heterocycles. The number of halogens is 1. The summed E-state index contributed by atoms with van der Waals surface area (Å²) in [5.41, 5.74) is 1.99. The molecule has 0 heterocycles. The lowest BCUT2D eigenvalue weighted by Gasteiger charge is -2.20. The molecule has 0 aliphatic carbocycles. The molecule has 0 aromatic heterocycles. The molecule has 106 valence electrons. The van der Waals surface area contributed by atoms with Gasteiger partial charge < -0.3 is 15.5 Å². The number of nitrogens with one attached hydrogen (secondary N) is 2. The van der Waals surface area contributed by atoms with E-state index in [1.54, 1.807) is 7.05 Å². The second-order valence-corrected chi connectivity index (χ2v) is 5.26. The van der Waals surface area contributed by atoms with E-state index in [0.717, 1.165) is 17.8 Å². The molecule has 5 heteroatoms. The van der Waals surface area contributed by atoms with Crippen molar-refractivity contribution < 1.29 is 4.79 Å². The van der Waals surface area contributed by atoms with E-state index in [9.17, 15) is 4.79 Å². The quantitative estimate of drug-likeness (QED) is 0.840. The highest BCUT2D eigenvalue weighted by molar-refractivity contribution is 6.33. The monoisotopic (exact) mass is 283 g/mol. The van der Waals surface area contributed by atoms with Gasteiger partial charge in [0.05, 0.1) is 17.3 Å². The van der Waals surface area contributed by atoms with E-state index in [0.29, 0.717) is 17.6 Å². The molecular weight excluding hydrogens is 262 g/mol. The molecule has 4 nitrogen and oxygen atoms in total. The first-order chi connectivity index (χ1) is 8.93. The number of hydrogen-bond acceptors (Lipinski definition) is 3. The average Bonchev–Trinajstić information content (AvgIpc) is 2.35. The average molecular weight is 284 g/mol. The van der Waals surface area contributed by atoms with Crippen molar-refractivity contribution in [3.8, 4) is 0 Å². The lowest BCUT2D eigenvalue weighted by Crippen LogP contribution is -2.33. The summed E-state index contributed by atoms with van der Waals surface area (Å²) in [5.74, 6) is -0.0379. The molecule has 1 rings (SSSR count). The first kappa shape index (κ1) is 15.8. The van der Waals surface area contributed by atoms with E-state index in [4.69, 9.17) is 11.6 Å². The van der Waals surface area contributed by atoms with Gasteiger partial charge >= 0.3 is 0 Å². The summed E-state index contributed by atoms with van der Waals surface area (Å²) < 4.78 is 0. The van der Waals surface area contributed by atoms with Gasteiger partial charge in [-0.1, -0.05) is 31.5 Å². The molecule has 19 heavy (non-hydrogen) atoms. The predicted molar refractivity (Wildman–Crippen MR) is 80.8 cm³/mol. The van der Waals surface area contributed by atoms with Crippen molar-refractivity contribution in [3.05, 3.63) is 28.8 Å². The summed E-state index contributed by atoms with van der Waals surface area (Å²) in [6, 6.07) is 6.35. The van der Waals surface area contributed by atoms with Crippen LogP contribution >= 0.6 is 11.6 Å². The van der Waals surface area contributed by atoms with Crippen LogP contribution < -0.4 is 15.5 Å². The van der Waals surface area contributed by atoms with Gasteiger partial charge in [0.1, 0.15) is 0 Å². The number of nitrogens with zero attached hydrogens (tertiary/aromatic N) is 1. The third-order valence-corrected chi connectivity index (χ3v) is 3.10. The molecule has 0 atom stereocenters. The molecule has 1 aromatic carbocycles. The predicted octanol–water partition coefficient (Wildman–Crippen LogP) is 2.02. The van der Waals surface area contributed by atoms with Crippen LogP contribution in [0.4, 0.5) is 5.69 Å². The van der Waals surface area contributed by atoms with Crippen LogP contribution in [0.5, 0.6) is 0 Å². The summed E-state index contributed by atoms with van der Waals surface area (Å²) in [6.07, 6.45) is 0. The minimum Gasteiger partial charge on any atom is -0.364 e. The first-order valence-electron chi connectivity index (χ1n) is 6.37. The third kappa shape index (κ3) is 5.09. The Hall–Kier alpha value is -1.26. The van der Waals surface area contributed by atoms with Crippen LogP contribution in [0.1, 0.15) is 19.4 Å². The Morgan fingerprint density at radius 1 is 1.42 bits per heavy atom. The Morgan fingerprint density at radius 3 is 2.63 bits per heavy atom. The van der Waals surface area contributed by atoms with Gasteiger partial charge in [0, 0.05) is 26.7 Å². The van der Waals surface area contributed by atoms with Crippen LogP contribution in [0.2, 0.25) is 5.02 Å². The molecule has 0 saturated carbocycles. The zero-order valence-electron chi connectivity index (χ0n) is 12.0. The molecule has 1 amide bonds. The van der Waals surface area contributed by atoms with Gasteiger partial charge in [-0.3, -0.25) is 4.79 Å². The lowest BCUT2D eigenvalue weighted by molar-refractivity contribution is -0.119. The standard InChI is InChI=1S/C14H22ClN3O/c1-10(2)17-8-11-5-6-13(12(15)7-11)18(4)9-14(19)16-3/h5-7,10,17H,8-9H2,1-4H3,(H,16,19). The molecule has 2 N–H and O–H groups in total. The lowest BCUT2D eigenvalue weighted by atomic mass is 10.2. The van der Waals surface area contributed by atoms with Crippen molar-refractivity contribution in [1.29, 1.82) is 0 Å². The number of anilines is 1. The van der Waals surface area contributed by atoms with Crippen molar-refractivity contribution in [2.75, 3.05) is 25.5 Å². The van der Waals surface area contributed by atoms with E-state index in [1.165, 1.54) is 0 Å². The molecule has 0 spiro atoms. The molecular formula is C14H22ClN3O. The number of likely N-dealkylation sites (N-methyl/N-ethyl adjacent to an activating group) is 2. The van der Waals surface area contributed by atoms with Gasteiger partial charge in [-0.15, -0.1) is 0 Å². The van der Waals surface area contributed by atoms with E-state index in [-0.39, 0.29) is 5.91 Å². The van der Waals surface area contributed by atoms with Crippen LogP contribution in [0.25, 0.3) is 0 Å². The SMILES string of the molecule is CNC(=O)CN(C)c1ccc(CNC(C)C)cc1Cl. The minimum absolute atomic E-state index is 0.0379. The summed E-state index contributed by atoms with van der Waals surface area (Å²) in [6.45, 7) is 5.29. The van der Waals surface area contributed by atoms with Gasteiger partial charge in [0.25, 0.3) is 0 Å². The van der Waals surface area contributed by atoms with Crippen molar-refractivity contribution in [2.45, 2.75) is 26.4 Å². The highest BCUT2D eigenvalue weighted by Gasteiger charge is 2.10. The van der Waals surface area contributed by atoms with Crippen molar-refractivity contribution in [1.82, 2.24) is 10.6 Å². The molecule has 1 aromatic rings. The molecule has 0 radical (unpaired) electrons. The van der Waals surface area contributed by atoms with Gasteiger partial charge in [0.15, 0.2) is 0 Å². The summed E-state index contributed by atoms with van der Waals surface area (Å²) in [5, 5.41) is 6.60. The first-order valence-corrected chi connectivity index (χ1v) is 6.75. The Morgan fingerprint density at radius 2 is 2.11 bits per heavy atom. The van der Waals surface area contributed by atoms with E-state index in [1.807, 2.05) is 30.1 Å². The van der Waals surface area contributed by atoms with E-state index < -0.39 is 0 Å². The second kappa shape index (κ2) is 7.36. The number of carbonyl (C=O) groups is 1. The van der Waals surface area contributed by atoms with Crippen LogP contribution in [-0.4, -0.2) is 32.6 Å². The zero-order chi connectivity index (χ0) is 14.4. The molecule has 0 bridgehead atoms. The normalized spacial score (nSPS) is 10.6. The summed E-state index contributed by atoms with van der Waals surface area (Å²) in [4.78, 5) is 13.2. The van der Waals surface area contributed by atoms with Crippen molar-refractivity contribution in [2.24, 2.45) is 0 Å². The second-order valence-electron chi connectivity index (χ2n) is 4.85. The maximum atomic E-state index is 11.3. The number of amides is 1.